The van der Waals surface area contributed by atoms with Crippen LogP contribution in [0.4, 0.5) is 8.78 Å². The molecule has 0 aliphatic heterocycles. The number of allylic oxidation sites excluding steroid dienone is 1. The minimum Gasteiger partial charge on any atom is -0.444 e. The molecule has 0 aliphatic rings. The smallest absolute Gasteiger partial charge is 0.274 e. The van der Waals surface area contributed by atoms with E-state index in [9.17, 15) is 23.5 Å². The van der Waals surface area contributed by atoms with E-state index in [1.165, 1.54) is 38.5 Å². The van der Waals surface area contributed by atoms with Crippen LogP contribution in [-0.2, 0) is 4.79 Å². The van der Waals surface area contributed by atoms with Crippen molar-refractivity contribution in [3.05, 3.63) is 60.8 Å². The molecule has 4 N–H and O–H groups in total. The molecular formula is C26H31F2N7O4. The van der Waals surface area contributed by atoms with Crippen molar-refractivity contribution in [3.63, 3.8) is 0 Å². The molecule has 0 saturated carbocycles. The average molecular weight is 544 g/mol. The first-order valence-corrected chi connectivity index (χ1v) is 11.7. The van der Waals surface area contributed by atoms with Gasteiger partial charge >= 0.3 is 0 Å². The Hall–Kier alpha value is -4.39. The largest absolute Gasteiger partial charge is 0.444 e. The molecule has 2 aromatic rings. The standard InChI is InChI=1S/C26H31F2N7O4/c1-6-22(37)35(12-16(4)13-36)23(30)20(11-31-5)33-24(38)21-14-39-25(34-21)17-7-8-32-19(9-17)18(29)10-26(27,28)15(2)3/h6-9,11,14,16,20,29-30,36H,1-2,10,12-13H2,3-5H3,(H,33,38). The van der Waals surface area contributed by atoms with Crippen molar-refractivity contribution in [2.45, 2.75) is 32.2 Å². The molecule has 11 nitrogen and oxygen atoms in total. The van der Waals surface area contributed by atoms with Gasteiger partial charge in [0.2, 0.25) is 5.89 Å². The molecule has 0 aliphatic carbocycles. The SMILES string of the molecule is C=CC(=O)N(CC(C)CO)C(=N)C(C=NC)NC(=O)c1coc(-c2ccnc(C(=N)CC(F)(F)C(=C)C)c2)n1. The van der Waals surface area contributed by atoms with Gasteiger partial charge in [0.25, 0.3) is 17.7 Å². The van der Waals surface area contributed by atoms with Crippen LogP contribution in [0.15, 0.2) is 58.8 Å². The summed E-state index contributed by atoms with van der Waals surface area (Å²) >= 11 is 0. The Bertz CT molecular complexity index is 1290. The van der Waals surface area contributed by atoms with Crippen molar-refractivity contribution >= 4 is 29.6 Å². The summed E-state index contributed by atoms with van der Waals surface area (Å²) in [5, 5.41) is 28.4. The third-order valence-electron chi connectivity index (χ3n) is 5.49. The molecule has 39 heavy (non-hydrogen) atoms. The fourth-order valence-corrected chi connectivity index (χ4v) is 3.20. The molecular weight excluding hydrogens is 512 g/mol. The van der Waals surface area contributed by atoms with E-state index in [-0.39, 0.29) is 47.8 Å². The maximum Gasteiger partial charge on any atom is 0.274 e. The van der Waals surface area contributed by atoms with E-state index in [4.69, 9.17) is 15.2 Å². The molecule has 0 spiro atoms. The van der Waals surface area contributed by atoms with Gasteiger partial charge in [-0.1, -0.05) is 20.1 Å². The lowest BCUT2D eigenvalue weighted by atomic mass is 10.0. The van der Waals surface area contributed by atoms with Gasteiger partial charge in [-0.15, -0.1) is 0 Å². The van der Waals surface area contributed by atoms with Gasteiger partial charge in [0, 0.05) is 38.2 Å². The van der Waals surface area contributed by atoms with Gasteiger partial charge in [-0.2, -0.15) is 0 Å². The van der Waals surface area contributed by atoms with Crippen LogP contribution in [0.1, 0.15) is 36.5 Å². The number of amides is 2. The number of nitrogens with one attached hydrogen (secondary N) is 3. The van der Waals surface area contributed by atoms with Crippen molar-refractivity contribution in [1.29, 1.82) is 10.8 Å². The summed E-state index contributed by atoms with van der Waals surface area (Å²) in [5.41, 5.74) is -0.674. The number of pyridine rings is 1. The van der Waals surface area contributed by atoms with Gasteiger partial charge in [0.05, 0.1) is 17.8 Å². The first-order valence-electron chi connectivity index (χ1n) is 11.7. The first kappa shape index (κ1) is 30.8. The summed E-state index contributed by atoms with van der Waals surface area (Å²) in [7, 11) is 1.43. The van der Waals surface area contributed by atoms with Gasteiger partial charge in [-0.3, -0.25) is 29.9 Å². The van der Waals surface area contributed by atoms with Crippen LogP contribution in [-0.4, -0.2) is 81.7 Å². The van der Waals surface area contributed by atoms with E-state index >= 15 is 0 Å². The maximum absolute atomic E-state index is 14.0. The minimum atomic E-state index is -3.27. The molecule has 0 bridgehead atoms. The number of aliphatic hydroxyl groups excluding tert-OH is 1. The number of nitrogens with zero attached hydrogens (tertiary/aromatic N) is 4. The van der Waals surface area contributed by atoms with Crippen LogP contribution >= 0.6 is 0 Å². The van der Waals surface area contributed by atoms with Crippen molar-refractivity contribution in [2.24, 2.45) is 10.9 Å². The summed E-state index contributed by atoms with van der Waals surface area (Å²) in [5.74, 6) is -5.28. The van der Waals surface area contributed by atoms with Crippen molar-refractivity contribution in [3.8, 4) is 11.5 Å². The zero-order valence-electron chi connectivity index (χ0n) is 21.9. The fraction of sp³-hybridized carbons (Fsp3) is 0.346. The van der Waals surface area contributed by atoms with E-state index in [1.807, 2.05) is 0 Å². The lowest BCUT2D eigenvalue weighted by Crippen LogP contribution is -2.52. The van der Waals surface area contributed by atoms with E-state index < -0.39 is 35.9 Å². The number of carbonyl (C=O) groups is 2. The Morgan fingerprint density at radius 1 is 1.36 bits per heavy atom. The van der Waals surface area contributed by atoms with Crippen LogP contribution in [0.2, 0.25) is 0 Å². The van der Waals surface area contributed by atoms with Gasteiger partial charge in [-0.05, 0) is 36.6 Å². The number of oxazole rings is 1. The number of carbonyl (C=O) groups excluding carboxylic acids is 2. The molecule has 0 aromatic carbocycles. The Kier molecular flexibility index (Phi) is 10.6. The summed E-state index contributed by atoms with van der Waals surface area (Å²) in [4.78, 5) is 38.3. The number of aliphatic imine (C=N–C) groups is 1. The number of rotatable bonds is 13. The van der Waals surface area contributed by atoms with Crippen LogP contribution in [0, 0.1) is 16.7 Å². The average Bonchev–Trinajstić information content (AvgIpc) is 3.41. The Labute approximate surface area is 224 Å². The molecule has 0 saturated heterocycles. The number of hydrogen-bond donors (Lipinski definition) is 4. The third-order valence-corrected chi connectivity index (χ3v) is 5.49. The van der Waals surface area contributed by atoms with Crippen molar-refractivity contribution in [2.75, 3.05) is 20.2 Å². The second kappa shape index (κ2) is 13.4. The van der Waals surface area contributed by atoms with E-state index in [2.05, 4.69) is 33.4 Å². The van der Waals surface area contributed by atoms with Crippen molar-refractivity contribution in [1.82, 2.24) is 20.2 Å². The minimum absolute atomic E-state index is 0.00982. The molecule has 2 rings (SSSR count). The Morgan fingerprint density at radius 2 is 2.05 bits per heavy atom. The highest BCUT2D eigenvalue weighted by molar-refractivity contribution is 6.11. The second-order valence-electron chi connectivity index (χ2n) is 8.79. The molecule has 2 atom stereocenters. The number of amidine groups is 1. The zero-order chi connectivity index (χ0) is 29.3. The van der Waals surface area contributed by atoms with Crippen LogP contribution in [0.5, 0.6) is 0 Å². The van der Waals surface area contributed by atoms with Crippen LogP contribution in [0.25, 0.3) is 11.5 Å². The second-order valence-corrected chi connectivity index (χ2v) is 8.79. The summed E-state index contributed by atoms with van der Waals surface area (Å²) in [6, 6.07) is 1.69. The van der Waals surface area contributed by atoms with Gasteiger partial charge in [0.15, 0.2) is 5.69 Å². The predicted molar refractivity (Wildman–Crippen MR) is 142 cm³/mol. The number of halogens is 2. The lowest BCUT2D eigenvalue weighted by Gasteiger charge is -2.28. The van der Waals surface area contributed by atoms with Crippen molar-refractivity contribution < 1.29 is 27.9 Å². The monoisotopic (exact) mass is 543 g/mol. The molecule has 2 amide bonds. The highest BCUT2D eigenvalue weighted by Gasteiger charge is 2.32. The quantitative estimate of drug-likeness (QED) is 0.131. The molecule has 0 radical (unpaired) electrons. The first-order chi connectivity index (χ1) is 18.3. The van der Waals surface area contributed by atoms with Gasteiger partial charge < -0.3 is 20.2 Å². The Balaban J connectivity index is 2.24. The summed E-state index contributed by atoms with van der Waals surface area (Å²) in [6.45, 7) is 9.34. The number of aromatic nitrogens is 2. The molecule has 2 heterocycles. The molecule has 13 heteroatoms. The van der Waals surface area contributed by atoms with Crippen LogP contribution in [0.3, 0.4) is 0 Å². The Morgan fingerprint density at radius 3 is 2.64 bits per heavy atom. The van der Waals surface area contributed by atoms with Gasteiger partial charge in [0.1, 0.15) is 18.1 Å². The van der Waals surface area contributed by atoms with Crippen LogP contribution < -0.4 is 5.32 Å². The number of hydrogen-bond acceptors (Lipinski definition) is 9. The van der Waals surface area contributed by atoms with E-state index in [1.54, 1.807) is 6.92 Å². The topological polar surface area (TPSA) is 169 Å². The van der Waals surface area contributed by atoms with E-state index in [0.29, 0.717) is 5.56 Å². The summed E-state index contributed by atoms with van der Waals surface area (Å²) < 4.78 is 33.4. The number of aliphatic hydroxyl groups is 1. The number of alkyl halides is 2. The molecule has 2 aromatic heterocycles. The summed E-state index contributed by atoms with van der Waals surface area (Å²) in [6.07, 6.45) is 3.76. The fourth-order valence-electron chi connectivity index (χ4n) is 3.20. The van der Waals surface area contributed by atoms with Gasteiger partial charge in [-0.25, -0.2) is 13.8 Å². The molecule has 2 unspecified atom stereocenters. The maximum atomic E-state index is 14.0. The third kappa shape index (κ3) is 8.04. The normalized spacial score (nSPS) is 13.0. The molecule has 0 fully saturated rings. The lowest BCUT2D eigenvalue weighted by molar-refractivity contribution is -0.123. The van der Waals surface area contributed by atoms with E-state index in [0.717, 1.165) is 17.2 Å². The zero-order valence-corrected chi connectivity index (χ0v) is 21.9. The predicted octanol–water partition coefficient (Wildman–Crippen LogP) is 3.13. The highest BCUT2D eigenvalue weighted by Crippen LogP contribution is 2.28. The highest BCUT2D eigenvalue weighted by atomic mass is 19.3. The molecule has 208 valence electrons.